The Bertz CT molecular complexity index is 395. The van der Waals surface area contributed by atoms with E-state index in [9.17, 15) is 0 Å². The Hall–Kier alpha value is -0.310. The van der Waals surface area contributed by atoms with Crippen molar-refractivity contribution in [2.75, 3.05) is 6.54 Å². The average Bonchev–Trinajstić information content (AvgIpc) is 2.57. The highest BCUT2D eigenvalue weighted by Crippen LogP contribution is 2.25. The van der Waals surface area contributed by atoms with Crippen LogP contribution < -0.4 is 0 Å². The largest absolute Gasteiger partial charge is 0.296 e. The summed E-state index contributed by atoms with van der Waals surface area (Å²) < 4.78 is 0. The van der Waals surface area contributed by atoms with Gasteiger partial charge in [0.05, 0.1) is 0 Å². The van der Waals surface area contributed by atoms with Gasteiger partial charge in [0, 0.05) is 29.4 Å². The van der Waals surface area contributed by atoms with Gasteiger partial charge < -0.3 is 0 Å². The second-order valence-electron chi connectivity index (χ2n) is 4.98. The van der Waals surface area contributed by atoms with E-state index < -0.39 is 0 Å². The van der Waals surface area contributed by atoms with Crippen LogP contribution in [0.1, 0.15) is 44.6 Å². The average molecular weight is 287 g/mol. The van der Waals surface area contributed by atoms with Crippen molar-refractivity contribution in [1.82, 2.24) is 9.88 Å². The fraction of sp³-hybridized carbons (Fsp3) is 0.643. The van der Waals surface area contributed by atoms with Gasteiger partial charge in [-0.25, -0.2) is 4.98 Å². The molecule has 0 N–H and O–H groups in total. The molecule has 18 heavy (non-hydrogen) atoms. The van der Waals surface area contributed by atoms with Crippen LogP contribution in [0.4, 0.5) is 0 Å². The maximum absolute atomic E-state index is 6.23. The standard InChI is InChI=1S/C14H20Cl2N2/c1-2-12-6-4-3-5-7-18(12)10-11-9-17-14(16)8-13(11)15/h8-9,12H,2-7,10H2,1H3. The molecule has 2 rings (SSSR count). The lowest BCUT2D eigenvalue weighted by Gasteiger charge is -2.29. The number of aromatic nitrogens is 1. The molecule has 0 aromatic carbocycles. The van der Waals surface area contributed by atoms with Gasteiger partial charge in [0.1, 0.15) is 5.15 Å². The molecule has 1 atom stereocenters. The minimum Gasteiger partial charge on any atom is -0.296 e. The van der Waals surface area contributed by atoms with E-state index in [2.05, 4.69) is 16.8 Å². The molecular weight excluding hydrogens is 267 g/mol. The third kappa shape index (κ3) is 3.59. The molecule has 0 radical (unpaired) electrons. The fourth-order valence-electron chi connectivity index (χ4n) is 2.68. The summed E-state index contributed by atoms with van der Waals surface area (Å²) in [5, 5.41) is 1.20. The van der Waals surface area contributed by atoms with Gasteiger partial charge in [-0.1, -0.05) is 43.0 Å². The Morgan fingerprint density at radius 3 is 2.89 bits per heavy atom. The van der Waals surface area contributed by atoms with Crippen LogP contribution in [0.2, 0.25) is 10.2 Å². The summed E-state index contributed by atoms with van der Waals surface area (Å²) >= 11 is 12.1. The summed E-state index contributed by atoms with van der Waals surface area (Å²) in [4.78, 5) is 6.68. The molecule has 100 valence electrons. The molecule has 1 saturated heterocycles. The molecule has 1 aliphatic heterocycles. The van der Waals surface area contributed by atoms with Gasteiger partial charge >= 0.3 is 0 Å². The van der Waals surface area contributed by atoms with Gasteiger partial charge in [-0.15, -0.1) is 0 Å². The van der Waals surface area contributed by atoms with Crippen molar-refractivity contribution in [3.05, 3.63) is 28.0 Å². The van der Waals surface area contributed by atoms with Crippen LogP contribution in [0.25, 0.3) is 0 Å². The molecule has 0 aliphatic carbocycles. The molecular formula is C14H20Cl2N2. The van der Waals surface area contributed by atoms with Crippen molar-refractivity contribution in [2.45, 2.75) is 51.6 Å². The van der Waals surface area contributed by atoms with Crippen molar-refractivity contribution >= 4 is 23.2 Å². The van der Waals surface area contributed by atoms with Gasteiger partial charge in [-0.3, -0.25) is 4.90 Å². The number of halogens is 2. The van der Waals surface area contributed by atoms with E-state index in [1.165, 1.54) is 32.1 Å². The van der Waals surface area contributed by atoms with Gasteiger partial charge in [0.25, 0.3) is 0 Å². The van der Waals surface area contributed by atoms with E-state index in [0.717, 1.165) is 23.7 Å². The number of hydrogen-bond acceptors (Lipinski definition) is 2. The van der Waals surface area contributed by atoms with E-state index >= 15 is 0 Å². The number of nitrogens with zero attached hydrogens (tertiary/aromatic N) is 2. The first-order valence-electron chi connectivity index (χ1n) is 6.74. The van der Waals surface area contributed by atoms with Crippen molar-refractivity contribution in [1.29, 1.82) is 0 Å². The van der Waals surface area contributed by atoms with Crippen molar-refractivity contribution in [3.8, 4) is 0 Å². The number of likely N-dealkylation sites (tertiary alicyclic amines) is 1. The number of rotatable bonds is 3. The lowest BCUT2D eigenvalue weighted by molar-refractivity contribution is 0.186. The first-order chi connectivity index (χ1) is 8.70. The zero-order valence-corrected chi connectivity index (χ0v) is 12.3. The van der Waals surface area contributed by atoms with Crippen LogP contribution in [0, 0.1) is 0 Å². The van der Waals surface area contributed by atoms with Crippen LogP contribution >= 0.6 is 23.2 Å². The molecule has 1 unspecified atom stereocenters. The SMILES string of the molecule is CCC1CCCCCN1Cc1cnc(Cl)cc1Cl. The summed E-state index contributed by atoms with van der Waals surface area (Å²) in [7, 11) is 0. The highest BCUT2D eigenvalue weighted by Gasteiger charge is 2.20. The summed E-state index contributed by atoms with van der Waals surface area (Å²) in [6.07, 6.45) is 8.30. The van der Waals surface area contributed by atoms with Crippen LogP contribution in [-0.4, -0.2) is 22.5 Å². The third-order valence-electron chi connectivity index (χ3n) is 3.74. The van der Waals surface area contributed by atoms with Gasteiger partial charge in [-0.05, 0) is 31.9 Å². The summed E-state index contributed by atoms with van der Waals surface area (Å²) in [5.74, 6) is 0. The predicted molar refractivity (Wildman–Crippen MR) is 77.2 cm³/mol. The highest BCUT2D eigenvalue weighted by molar-refractivity contribution is 6.34. The van der Waals surface area contributed by atoms with Gasteiger partial charge in [0.15, 0.2) is 0 Å². The van der Waals surface area contributed by atoms with Crippen LogP contribution in [0.5, 0.6) is 0 Å². The summed E-state index contributed by atoms with van der Waals surface area (Å²) in [6.45, 7) is 4.32. The minimum absolute atomic E-state index is 0.464. The topological polar surface area (TPSA) is 16.1 Å². The molecule has 4 heteroatoms. The molecule has 2 heterocycles. The smallest absolute Gasteiger partial charge is 0.130 e. The van der Waals surface area contributed by atoms with E-state index in [-0.39, 0.29) is 0 Å². The maximum Gasteiger partial charge on any atom is 0.130 e. The van der Waals surface area contributed by atoms with E-state index in [1.807, 2.05) is 6.20 Å². The first kappa shape index (κ1) is 14.1. The molecule has 1 aliphatic rings. The lowest BCUT2D eigenvalue weighted by atomic mass is 10.1. The van der Waals surface area contributed by atoms with E-state index in [1.54, 1.807) is 6.07 Å². The monoisotopic (exact) mass is 286 g/mol. The Balaban J connectivity index is 2.10. The molecule has 0 bridgehead atoms. The van der Waals surface area contributed by atoms with E-state index in [4.69, 9.17) is 23.2 Å². The second kappa shape index (κ2) is 6.74. The summed E-state index contributed by atoms with van der Waals surface area (Å²) in [6, 6.07) is 2.41. The summed E-state index contributed by atoms with van der Waals surface area (Å²) in [5.41, 5.74) is 1.08. The zero-order valence-electron chi connectivity index (χ0n) is 10.8. The molecule has 0 spiro atoms. The zero-order chi connectivity index (χ0) is 13.0. The Morgan fingerprint density at radius 2 is 2.17 bits per heavy atom. The third-order valence-corrected chi connectivity index (χ3v) is 4.30. The van der Waals surface area contributed by atoms with Crippen molar-refractivity contribution in [2.24, 2.45) is 0 Å². The molecule has 0 amide bonds. The molecule has 2 nitrogen and oxygen atoms in total. The lowest BCUT2D eigenvalue weighted by Crippen LogP contribution is -2.33. The van der Waals surface area contributed by atoms with E-state index in [0.29, 0.717) is 11.2 Å². The Kier molecular flexibility index (Phi) is 5.28. The minimum atomic E-state index is 0.464. The van der Waals surface area contributed by atoms with Crippen LogP contribution in [0.15, 0.2) is 12.3 Å². The van der Waals surface area contributed by atoms with Crippen molar-refractivity contribution in [3.63, 3.8) is 0 Å². The highest BCUT2D eigenvalue weighted by atomic mass is 35.5. The van der Waals surface area contributed by atoms with Gasteiger partial charge in [0.2, 0.25) is 0 Å². The quantitative estimate of drug-likeness (QED) is 0.758. The number of hydrogen-bond donors (Lipinski definition) is 0. The number of pyridine rings is 1. The maximum atomic E-state index is 6.23. The van der Waals surface area contributed by atoms with Crippen molar-refractivity contribution < 1.29 is 0 Å². The second-order valence-corrected chi connectivity index (χ2v) is 5.77. The Morgan fingerprint density at radius 1 is 1.33 bits per heavy atom. The molecule has 0 saturated carbocycles. The normalized spacial score (nSPS) is 21.8. The van der Waals surface area contributed by atoms with Crippen LogP contribution in [-0.2, 0) is 6.54 Å². The molecule has 1 aromatic rings. The fourth-order valence-corrected chi connectivity index (χ4v) is 3.10. The Labute approximate surface area is 119 Å². The molecule has 1 aromatic heterocycles. The predicted octanol–water partition coefficient (Wildman–Crippen LogP) is 4.54. The van der Waals surface area contributed by atoms with Gasteiger partial charge in [-0.2, -0.15) is 0 Å². The van der Waals surface area contributed by atoms with Crippen LogP contribution in [0.3, 0.4) is 0 Å². The molecule has 1 fully saturated rings. The first-order valence-corrected chi connectivity index (χ1v) is 7.50.